The molecular formula is C21H24FN5O5. The van der Waals surface area contributed by atoms with Gasteiger partial charge in [0, 0.05) is 0 Å². The molecule has 1 atom stereocenters. The second kappa shape index (κ2) is 8.85. The van der Waals surface area contributed by atoms with Crippen molar-refractivity contribution in [2.45, 2.75) is 39.2 Å². The molecule has 11 heteroatoms. The van der Waals surface area contributed by atoms with Gasteiger partial charge in [0.15, 0.2) is 0 Å². The van der Waals surface area contributed by atoms with Crippen LogP contribution in [0.5, 0.6) is 0 Å². The normalized spacial score (nSPS) is 15.1. The van der Waals surface area contributed by atoms with Gasteiger partial charge in [-0.15, -0.1) is 10.2 Å². The van der Waals surface area contributed by atoms with Crippen LogP contribution in [0.25, 0.3) is 0 Å². The molecule has 0 spiro atoms. The Morgan fingerprint density at radius 1 is 1.22 bits per heavy atom. The number of aromatic nitrogens is 2. The SMILES string of the molecule is CC(C)[C@@H](NC(=O)CN1C(=O)CNC1=O)C(=O)c1nnc(C(C)(C)c2ccc(F)cc2)o1. The van der Waals surface area contributed by atoms with E-state index >= 15 is 0 Å². The molecule has 4 amide bonds. The van der Waals surface area contributed by atoms with Crippen LogP contribution in [0, 0.1) is 11.7 Å². The zero-order valence-corrected chi connectivity index (χ0v) is 18.1. The van der Waals surface area contributed by atoms with Crippen LogP contribution in [-0.2, 0) is 15.0 Å². The zero-order chi connectivity index (χ0) is 23.6. The van der Waals surface area contributed by atoms with Crippen molar-refractivity contribution in [3.05, 3.63) is 47.4 Å². The van der Waals surface area contributed by atoms with Crippen LogP contribution < -0.4 is 10.6 Å². The quantitative estimate of drug-likeness (QED) is 0.463. The van der Waals surface area contributed by atoms with Gasteiger partial charge in [-0.25, -0.2) is 9.18 Å². The van der Waals surface area contributed by atoms with E-state index in [1.165, 1.54) is 12.1 Å². The molecule has 2 aromatic rings. The average Bonchev–Trinajstić information content (AvgIpc) is 3.35. The fourth-order valence-corrected chi connectivity index (χ4v) is 3.21. The second-order valence-corrected chi connectivity index (χ2v) is 8.34. The van der Waals surface area contributed by atoms with Gasteiger partial charge in [0.05, 0.1) is 18.0 Å². The molecule has 2 heterocycles. The van der Waals surface area contributed by atoms with E-state index in [-0.39, 0.29) is 30.1 Å². The molecular weight excluding hydrogens is 421 g/mol. The number of carbonyl (C=O) groups excluding carboxylic acids is 4. The lowest BCUT2D eigenvalue weighted by molar-refractivity contribution is -0.130. The Morgan fingerprint density at radius 2 is 1.88 bits per heavy atom. The third kappa shape index (κ3) is 4.66. The first kappa shape index (κ1) is 23.0. The molecule has 170 valence electrons. The predicted molar refractivity (Wildman–Crippen MR) is 109 cm³/mol. The number of imide groups is 1. The molecule has 1 fully saturated rings. The molecule has 1 aromatic heterocycles. The maximum Gasteiger partial charge on any atom is 0.325 e. The Balaban J connectivity index is 1.75. The Morgan fingerprint density at radius 3 is 2.44 bits per heavy atom. The number of urea groups is 1. The lowest BCUT2D eigenvalue weighted by Gasteiger charge is -2.22. The molecule has 32 heavy (non-hydrogen) atoms. The maximum atomic E-state index is 13.3. The molecule has 0 radical (unpaired) electrons. The van der Waals surface area contributed by atoms with Crippen LogP contribution in [0.1, 0.15) is 49.8 Å². The molecule has 1 aliphatic heterocycles. The standard InChI is InChI=1S/C21H24FN5O5/c1-11(2)16(24-14(28)10-27-15(29)9-23-20(27)31)17(30)18-25-26-19(32-18)21(3,4)12-5-7-13(22)8-6-12/h5-8,11,16H,9-10H2,1-4H3,(H,23,31)(H,24,28)/t16-/m1/s1. The van der Waals surface area contributed by atoms with E-state index in [0.717, 1.165) is 4.90 Å². The minimum atomic E-state index is -1.01. The third-order valence-electron chi connectivity index (χ3n) is 5.24. The topological polar surface area (TPSA) is 134 Å². The monoisotopic (exact) mass is 445 g/mol. The van der Waals surface area contributed by atoms with Crippen molar-refractivity contribution in [2.75, 3.05) is 13.1 Å². The summed E-state index contributed by atoms with van der Waals surface area (Å²) in [6.45, 7) is 6.34. The average molecular weight is 445 g/mol. The van der Waals surface area contributed by atoms with Gasteiger partial charge < -0.3 is 15.1 Å². The van der Waals surface area contributed by atoms with Gasteiger partial charge in [-0.2, -0.15) is 0 Å². The van der Waals surface area contributed by atoms with Crippen molar-refractivity contribution in [1.82, 2.24) is 25.7 Å². The Labute approximate surface area is 183 Å². The molecule has 0 saturated carbocycles. The first-order valence-electron chi connectivity index (χ1n) is 10.0. The zero-order valence-electron chi connectivity index (χ0n) is 18.1. The molecule has 1 aliphatic rings. The number of amides is 4. The summed E-state index contributed by atoms with van der Waals surface area (Å²) in [5.41, 5.74) is -0.0805. The van der Waals surface area contributed by atoms with Crippen LogP contribution in [0.3, 0.4) is 0 Å². The number of Topliss-reactive ketones (excluding diaryl/α,β-unsaturated/α-hetero) is 1. The minimum absolute atomic E-state index is 0.153. The summed E-state index contributed by atoms with van der Waals surface area (Å²) in [7, 11) is 0. The smallest absolute Gasteiger partial charge is 0.325 e. The summed E-state index contributed by atoms with van der Waals surface area (Å²) < 4.78 is 18.9. The van der Waals surface area contributed by atoms with Crippen molar-refractivity contribution < 1.29 is 28.0 Å². The predicted octanol–water partition coefficient (Wildman–Crippen LogP) is 1.41. The molecule has 0 aliphatic carbocycles. The van der Waals surface area contributed by atoms with E-state index in [1.807, 2.05) is 0 Å². The summed E-state index contributed by atoms with van der Waals surface area (Å²) in [4.78, 5) is 49.4. The fourth-order valence-electron chi connectivity index (χ4n) is 3.21. The van der Waals surface area contributed by atoms with Crippen molar-refractivity contribution in [1.29, 1.82) is 0 Å². The number of ketones is 1. The van der Waals surface area contributed by atoms with Gasteiger partial charge in [-0.1, -0.05) is 26.0 Å². The summed E-state index contributed by atoms with van der Waals surface area (Å²) in [6, 6.07) is 4.14. The van der Waals surface area contributed by atoms with Crippen LogP contribution >= 0.6 is 0 Å². The van der Waals surface area contributed by atoms with Gasteiger partial charge >= 0.3 is 6.03 Å². The van der Waals surface area contributed by atoms with Crippen LogP contribution in [0.2, 0.25) is 0 Å². The number of carbonyl (C=O) groups is 4. The Bertz CT molecular complexity index is 1030. The summed E-state index contributed by atoms with van der Waals surface area (Å²) in [5, 5.41) is 12.7. The fraction of sp³-hybridized carbons (Fsp3) is 0.429. The number of benzene rings is 1. The van der Waals surface area contributed by atoms with Crippen molar-refractivity contribution in [3.8, 4) is 0 Å². The minimum Gasteiger partial charge on any atom is -0.417 e. The second-order valence-electron chi connectivity index (χ2n) is 8.34. The Hall–Kier alpha value is -3.63. The van der Waals surface area contributed by atoms with E-state index in [9.17, 15) is 23.6 Å². The first-order chi connectivity index (χ1) is 15.0. The molecule has 3 rings (SSSR count). The molecule has 10 nitrogen and oxygen atoms in total. The molecule has 1 aromatic carbocycles. The van der Waals surface area contributed by atoms with Crippen LogP contribution in [-0.4, -0.2) is 57.9 Å². The number of nitrogens with one attached hydrogen (secondary N) is 2. The number of hydrogen-bond acceptors (Lipinski definition) is 7. The van der Waals surface area contributed by atoms with E-state index in [4.69, 9.17) is 4.42 Å². The summed E-state index contributed by atoms with van der Waals surface area (Å²) in [5.74, 6) is -2.65. The third-order valence-corrected chi connectivity index (χ3v) is 5.24. The van der Waals surface area contributed by atoms with Gasteiger partial charge in [-0.3, -0.25) is 19.3 Å². The van der Waals surface area contributed by atoms with E-state index < -0.39 is 41.6 Å². The highest BCUT2D eigenvalue weighted by molar-refractivity contribution is 6.05. The largest absolute Gasteiger partial charge is 0.417 e. The molecule has 1 saturated heterocycles. The summed E-state index contributed by atoms with van der Waals surface area (Å²) in [6.07, 6.45) is 0. The number of halogens is 1. The van der Waals surface area contributed by atoms with Crippen molar-refractivity contribution in [3.63, 3.8) is 0 Å². The van der Waals surface area contributed by atoms with Gasteiger partial charge in [0.2, 0.25) is 17.6 Å². The van der Waals surface area contributed by atoms with E-state index in [0.29, 0.717) is 5.56 Å². The van der Waals surface area contributed by atoms with Crippen LogP contribution in [0.15, 0.2) is 28.7 Å². The summed E-state index contributed by atoms with van der Waals surface area (Å²) >= 11 is 0. The van der Waals surface area contributed by atoms with Crippen LogP contribution in [0.4, 0.5) is 9.18 Å². The highest BCUT2D eigenvalue weighted by Crippen LogP contribution is 2.30. The highest BCUT2D eigenvalue weighted by atomic mass is 19.1. The van der Waals surface area contributed by atoms with E-state index in [1.54, 1.807) is 39.8 Å². The van der Waals surface area contributed by atoms with Gasteiger partial charge in [0.1, 0.15) is 12.4 Å². The highest BCUT2D eigenvalue weighted by Gasteiger charge is 2.35. The first-order valence-corrected chi connectivity index (χ1v) is 10.0. The van der Waals surface area contributed by atoms with Crippen molar-refractivity contribution >= 4 is 23.6 Å². The van der Waals surface area contributed by atoms with E-state index in [2.05, 4.69) is 20.8 Å². The van der Waals surface area contributed by atoms with Gasteiger partial charge in [-0.05, 0) is 37.5 Å². The molecule has 0 bridgehead atoms. The number of hydrogen-bond donors (Lipinski definition) is 2. The lowest BCUT2D eigenvalue weighted by Crippen LogP contribution is -2.49. The van der Waals surface area contributed by atoms with Gasteiger partial charge in [0.25, 0.3) is 11.8 Å². The number of rotatable bonds is 8. The molecule has 0 unspecified atom stereocenters. The molecule has 2 N–H and O–H groups in total. The number of nitrogens with zero attached hydrogens (tertiary/aromatic N) is 3. The maximum absolute atomic E-state index is 13.3. The van der Waals surface area contributed by atoms with Crippen molar-refractivity contribution in [2.24, 2.45) is 5.92 Å². The lowest BCUT2D eigenvalue weighted by atomic mass is 9.84. The Kier molecular flexibility index (Phi) is 6.37.